The van der Waals surface area contributed by atoms with Gasteiger partial charge in [0, 0.05) is 30.3 Å². The largest absolute Gasteiger partial charge is 0.377 e. The number of likely N-dealkylation sites (tertiary alicyclic amines) is 1. The summed E-state index contributed by atoms with van der Waals surface area (Å²) in [6.07, 6.45) is 3.51. The lowest BCUT2D eigenvalue weighted by atomic mass is 9.99. The van der Waals surface area contributed by atoms with Crippen molar-refractivity contribution in [3.63, 3.8) is 0 Å². The Hall–Kier alpha value is -0.650. The number of rotatable bonds is 3. The average Bonchev–Trinajstić information content (AvgIpc) is 2.62. The fourth-order valence-corrected chi connectivity index (χ4v) is 3.66. The molecule has 2 aliphatic rings. The van der Waals surface area contributed by atoms with Crippen molar-refractivity contribution in [1.82, 2.24) is 9.88 Å². The standard InChI is InChI=1S/C12H19N3OS/c1-15-5-8(6-15)7-16-9-2-3-10-11(4-9)17-12(13)14-10/h8-9H,2-7H2,1H3,(H2,13,14). The van der Waals surface area contributed by atoms with Crippen LogP contribution in [0.4, 0.5) is 5.13 Å². The molecule has 0 spiro atoms. The van der Waals surface area contributed by atoms with E-state index in [0.29, 0.717) is 11.2 Å². The Balaban J connectivity index is 1.50. The van der Waals surface area contributed by atoms with E-state index >= 15 is 0 Å². The zero-order valence-electron chi connectivity index (χ0n) is 10.2. The molecule has 17 heavy (non-hydrogen) atoms. The highest BCUT2D eigenvalue weighted by Crippen LogP contribution is 2.29. The molecule has 1 aliphatic carbocycles. The second kappa shape index (κ2) is 4.55. The highest BCUT2D eigenvalue weighted by molar-refractivity contribution is 7.15. The van der Waals surface area contributed by atoms with Crippen LogP contribution in [-0.4, -0.2) is 42.7 Å². The summed E-state index contributed by atoms with van der Waals surface area (Å²) in [7, 11) is 2.16. The van der Waals surface area contributed by atoms with Crippen molar-refractivity contribution in [3.8, 4) is 0 Å². The van der Waals surface area contributed by atoms with Gasteiger partial charge >= 0.3 is 0 Å². The van der Waals surface area contributed by atoms with Crippen molar-refractivity contribution < 1.29 is 4.74 Å². The number of hydrogen-bond acceptors (Lipinski definition) is 5. The Labute approximate surface area is 106 Å². The SMILES string of the molecule is CN1CC(COC2CCc3nc(N)sc3C2)C1. The Bertz CT molecular complexity index is 400. The predicted octanol–water partition coefficient (Wildman–Crippen LogP) is 1.16. The molecule has 0 bridgehead atoms. The van der Waals surface area contributed by atoms with E-state index in [2.05, 4.69) is 16.9 Å². The second-order valence-electron chi connectivity index (χ2n) is 5.21. The Morgan fingerprint density at radius 1 is 1.53 bits per heavy atom. The van der Waals surface area contributed by atoms with Crippen LogP contribution in [0.2, 0.25) is 0 Å². The molecule has 1 saturated heterocycles. The lowest BCUT2D eigenvalue weighted by Crippen LogP contribution is -2.46. The number of nitrogen functional groups attached to an aromatic ring is 1. The van der Waals surface area contributed by atoms with E-state index in [4.69, 9.17) is 10.5 Å². The molecule has 1 atom stereocenters. The van der Waals surface area contributed by atoms with Crippen LogP contribution >= 0.6 is 11.3 Å². The van der Waals surface area contributed by atoms with Gasteiger partial charge in [0.2, 0.25) is 0 Å². The number of hydrogen-bond donors (Lipinski definition) is 1. The number of ether oxygens (including phenoxy) is 1. The lowest BCUT2D eigenvalue weighted by Gasteiger charge is -2.37. The number of aryl methyl sites for hydroxylation is 1. The third-order valence-corrected chi connectivity index (χ3v) is 4.57. The molecule has 1 fully saturated rings. The highest BCUT2D eigenvalue weighted by Gasteiger charge is 2.27. The zero-order chi connectivity index (χ0) is 11.8. The van der Waals surface area contributed by atoms with Gasteiger partial charge in [-0.3, -0.25) is 0 Å². The van der Waals surface area contributed by atoms with E-state index in [1.807, 2.05) is 0 Å². The summed E-state index contributed by atoms with van der Waals surface area (Å²) in [4.78, 5) is 8.02. The molecule has 0 aromatic carbocycles. The van der Waals surface area contributed by atoms with Gasteiger partial charge in [-0.1, -0.05) is 0 Å². The number of thiazole rings is 1. The number of anilines is 1. The molecule has 4 nitrogen and oxygen atoms in total. The molecule has 1 aliphatic heterocycles. The third kappa shape index (κ3) is 2.46. The smallest absolute Gasteiger partial charge is 0.180 e. The van der Waals surface area contributed by atoms with E-state index < -0.39 is 0 Å². The second-order valence-corrected chi connectivity index (χ2v) is 6.32. The monoisotopic (exact) mass is 253 g/mol. The summed E-state index contributed by atoms with van der Waals surface area (Å²) in [6.45, 7) is 3.29. The minimum Gasteiger partial charge on any atom is -0.377 e. The first kappa shape index (κ1) is 11.4. The van der Waals surface area contributed by atoms with E-state index in [1.165, 1.54) is 23.7 Å². The van der Waals surface area contributed by atoms with Crippen LogP contribution < -0.4 is 5.73 Å². The van der Waals surface area contributed by atoms with Crippen LogP contribution in [0.25, 0.3) is 0 Å². The van der Waals surface area contributed by atoms with Crippen molar-refractivity contribution in [2.24, 2.45) is 5.92 Å². The number of nitrogens with two attached hydrogens (primary N) is 1. The van der Waals surface area contributed by atoms with Crippen molar-refractivity contribution in [3.05, 3.63) is 10.6 Å². The van der Waals surface area contributed by atoms with Gasteiger partial charge < -0.3 is 15.4 Å². The quantitative estimate of drug-likeness (QED) is 0.878. The van der Waals surface area contributed by atoms with Gasteiger partial charge in [0.1, 0.15) is 0 Å². The van der Waals surface area contributed by atoms with E-state index in [0.717, 1.165) is 31.8 Å². The van der Waals surface area contributed by atoms with Crippen LogP contribution in [0.5, 0.6) is 0 Å². The predicted molar refractivity (Wildman–Crippen MR) is 69.3 cm³/mol. The van der Waals surface area contributed by atoms with Gasteiger partial charge in [0.25, 0.3) is 0 Å². The molecule has 1 unspecified atom stereocenters. The maximum absolute atomic E-state index is 6.01. The summed E-state index contributed by atoms with van der Waals surface area (Å²) in [5.41, 5.74) is 6.94. The van der Waals surface area contributed by atoms with Crippen LogP contribution in [0.15, 0.2) is 0 Å². The van der Waals surface area contributed by atoms with Gasteiger partial charge in [-0.15, -0.1) is 11.3 Å². The molecule has 94 valence electrons. The van der Waals surface area contributed by atoms with Crippen LogP contribution in [-0.2, 0) is 17.6 Å². The number of aromatic nitrogens is 1. The Morgan fingerprint density at radius 3 is 3.12 bits per heavy atom. The zero-order valence-corrected chi connectivity index (χ0v) is 11.0. The topological polar surface area (TPSA) is 51.4 Å². The summed E-state index contributed by atoms with van der Waals surface area (Å²) >= 11 is 1.63. The number of nitrogens with zero attached hydrogens (tertiary/aromatic N) is 2. The minimum atomic E-state index is 0.383. The number of fused-ring (bicyclic) bond motifs is 1. The first-order valence-corrected chi connectivity index (χ1v) is 7.06. The fraction of sp³-hybridized carbons (Fsp3) is 0.750. The van der Waals surface area contributed by atoms with Crippen molar-refractivity contribution in [2.75, 3.05) is 32.5 Å². The van der Waals surface area contributed by atoms with Crippen LogP contribution in [0.3, 0.4) is 0 Å². The van der Waals surface area contributed by atoms with Crippen molar-refractivity contribution in [1.29, 1.82) is 0 Å². The van der Waals surface area contributed by atoms with E-state index in [-0.39, 0.29) is 0 Å². The first-order valence-electron chi connectivity index (χ1n) is 6.25. The molecule has 2 N–H and O–H groups in total. The maximum atomic E-state index is 6.01. The molecule has 0 amide bonds. The Kier molecular flexibility index (Phi) is 3.06. The molecule has 2 heterocycles. The molecule has 1 aromatic heterocycles. The van der Waals surface area contributed by atoms with Gasteiger partial charge in [-0.05, 0) is 19.9 Å². The average molecular weight is 253 g/mol. The summed E-state index contributed by atoms with van der Waals surface area (Å²) in [6, 6.07) is 0. The van der Waals surface area contributed by atoms with Crippen LogP contribution in [0, 0.1) is 5.92 Å². The Morgan fingerprint density at radius 2 is 2.35 bits per heavy atom. The molecule has 3 rings (SSSR count). The normalized spacial score (nSPS) is 25.6. The van der Waals surface area contributed by atoms with Gasteiger partial charge in [0.05, 0.1) is 18.4 Å². The minimum absolute atomic E-state index is 0.383. The third-order valence-electron chi connectivity index (χ3n) is 3.62. The fourth-order valence-electron chi connectivity index (χ4n) is 2.71. The molecular formula is C12H19N3OS. The molecule has 1 aromatic rings. The molecule has 0 radical (unpaired) electrons. The summed E-state index contributed by atoms with van der Waals surface area (Å²) in [5, 5.41) is 0.705. The lowest BCUT2D eigenvalue weighted by molar-refractivity contribution is -0.0182. The van der Waals surface area contributed by atoms with Crippen LogP contribution in [0.1, 0.15) is 17.0 Å². The van der Waals surface area contributed by atoms with Gasteiger partial charge in [-0.2, -0.15) is 0 Å². The molecule has 5 heteroatoms. The van der Waals surface area contributed by atoms with Crippen molar-refractivity contribution >= 4 is 16.5 Å². The maximum Gasteiger partial charge on any atom is 0.180 e. The summed E-state index contributed by atoms with van der Waals surface area (Å²) < 4.78 is 6.01. The summed E-state index contributed by atoms with van der Waals surface area (Å²) in [5.74, 6) is 0.743. The molecule has 0 saturated carbocycles. The van der Waals surface area contributed by atoms with Crippen molar-refractivity contribution in [2.45, 2.75) is 25.4 Å². The van der Waals surface area contributed by atoms with E-state index in [9.17, 15) is 0 Å². The van der Waals surface area contributed by atoms with Gasteiger partial charge in [-0.25, -0.2) is 4.98 Å². The molecular weight excluding hydrogens is 234 g/mol. The highest BCUT2D eigenvalue weighted by atomic mass is 32.1. The van der Waals surface area contributed by atoms with Gasteiger partial charge in [0.15, 0.2) is 5.13 Å². The first-order chi connectivity index (χ1) is 8.20. The van der Waals surface area contributed by atoms with E-state index in [1.54, 1.807) is 11.3 Å².